The summed E-state index contributed by atoms with van der Waals surface area (Å²) in [6, 6.07) is 7.71. The Morgan fingerprint density at radius 2 is 1.80 bits per heavy atom. The fourth-order valence-electron chi connectivity index (χ4n) is 5.40. The van der Waals surface area contributed by atoms with Crippen LogP contribution >= 0.6 is 0 Å². The van der Waals surface area contributed by atoms with Crippen molar-refractivity contribution in [2.45, 2.75) is 31.1 Å². The summed E-state index contributed by atoms with van der Waals surface area (Å²) in [7, 11) is -3.54. The SMILES string of the molecule is CS(=O)(=O)NC#CC1CN(c2ccc(N3CCN(c4nc5c(cc4F)C(O)C(C(=O)O)=CN5C4CC4)CC3)c(F)c2)C(=O)O1. The fourth-order valence-corrected chi connectivity index (χ4v) is 5.64. The predicted molar refractivity (Wildman–Crippen MR) is 155 cm³/mol. The van der Waals surface area contributed by atoms with Crippen LogP contribution in [0.1, 0.15) is 24.5 Å². The number of ether oxygens (including phenoxy) is 1. The van der Waals surface area contributed by atoms with Gasteiger partial charge >= 0.3 is 12.1 Å². The minimum Gasteiger partial charge on any atom is -0.478 e. The number of nitrogens with zero attached hydrogens (tertiary/aromatic N) is 5. The third kappa shape index (κ3) is 5.80. The highest BCUT2D eigenvalue weighted by atomic mass is 32.2. The number of aliphatic carboxylic acids is 1. The summed E-state index contributed by atoms with van der Waals surface area (Å²) in [4.78, 5) is 34.9. The number of piperazine rings is 1. The van der Waals surface area contributed by atoms with Crippen molar-refractivity contribution < 1.29 is 41.7 Å². The van der Waals surface area contributed by atoms with Crippen molar-refractivity contribution in [1.29, 1.82) is 0 Å². The molecule has 1 saturated carbocycles. The lowest BCUT2D eigenvalue weighted by atomic mass is 9.98. The predicted octanol–water partition coefficient (Wildman–Crippen LogP) is 1.51. The molecule has 1 amide bonds. The number of amides is 1. The molecule has 13 nitrogen and oxygen atoms in total. The van der Waals surface area contributed by atoms with Crippen LogP contribution in [0.2, 0.25) is 0 Å². The first-order chi connectivity index (χ1) is 20.9. The molecule has 2 atom stereocenters. The number of hydrogen-bond acceptors (Lipinski definition) is 10. The van der Waals surface area contributed by atoms with Gasteiger partial charge in [-0.2, -0.15) is 0 Å². The molecule has 44 heavy (non-hydrogen) atoms. The van der Waals surface area contributed by atoms with Gasteiger partial charge in [-0.05, 0) is 43.0 Å². The quantitative estimate of drug-likeness (QED) is 0.314. The van der Waals surface area contributed by atoms with Crippen molar-refractivity contribution in [2.24, 2.45) is 0 Å². The summed E-state index contributed by atoms with van der Waals surface area (Å²) in [6.07, 6.45) is 0.812. The molecular weight excluding hydrogens is 602 g/mol. The molecule has 4 heterocycles. The Kier molecular flexibility index (Phi) is 7.46. The smallest absolute Gasteiger partial charge is 0.415 e. The number of hydrogen-bond donors (Lipinski definition) is 3. The van der Waals surface area contributed by atoms with Gasteiger partial charge in [0.15, 0.2) is 17.7 Å². The summed E-state index contributed by atoms with van der Waals surface area (Å²) in [6.45, 7) is 1.28. The number of carbonyl (C=O) groups is 2. The second-order valence-electron chi connectivity index (χ2n) is 10.9. The lowest BCUT2D eigenvalue weighted by Crippen LogP contribution is -2.47. The highest BCUT2D eigenvalue weighted by Crippen LogP contribution is 2.43. The van der Waals surface area contributed by atoms with Crippen LogP contribution in [0.25, 0.3) is 0 Å². The van der Waals surface area contributed by atoms with E-state index in [4.69, 9.17) is 4.74 Å². The first-order valence-corrected chi connectivity index (χ1v) is 15.7. The Bertz CT molecular complexity index is 1730. The number of aliphatic hydroxyl groups excluding tert-OH is 1. The molecule has 4 aliphatic rings. The van der Waals surface area contributed by atoms with Gasteiger partial charge < -0.3 is 29.6 Å². The van der Waals surface area contributed by atoms with Crippen molar-refractivity contribution in [3.63, 3.8) is 0 Å². The van der Waals surface area contributed by atoms with Crippen molar-refractivity contribution >= 4 is 45.1 Å². The Balaban J connectivity index is 1.14. The number of cyclic esters (lactones) is 1. The number of nitrogens with one attached hydrogen (secondary N) is 1. The van der Waals surface area contributed by atoms with Crippen LogP contribution in [-0.2, 0) is 19.6 Å². The summed E-state index contributed by atoms with van der Waals surface area (Å²) < 4.78 is 60.0. The van der Waals surface area contributed by atoms with Crippen LogP contribution in [0.5, 0.6) is 0 Å². The molecule has 16 heteroatoms. The van der Waals surface area contributed by atoms with Gasteiger partial charge in [-0.25, -0.2) is 36.5 Å². The van der Waals surface area contributed by atoms with Crippen LogP contribution < -0.4 is 24.3 Å². The van der Waals surface area contributed by atoms with Crippen LogP contribution in [0.3, 0.4) is 0 Å². The number of aromatic nitrogens is 1. The summed E-state index contributed by atoms with van der Waals surface area (Å²) >= 11 is 0. The first kappa shape index (κ1) is 29.5. The largest absolute Gasteiger partial charge is 0.478 e. The zero-order chi connectivity index (χ0) is 31.3. The van der Waals surface area contributed by atoms with Gasteiger partial charge in [0, 0.05) is 50.0 Å². The van der Waals surface area contributed by atoms with E-state index in [0.29, 0.717) is 37.7 Å². The molecule has 3 fully saturated rings. The van der Waals surface area contributed by atoms with E-state index >= 15 is 8.78 Å². The molecule has 6 rings (SSSR count). The number of pyridine rings is 1. The average molecular weight is 631 g/mol. The number of carboxylic acids is 1. The molecule has 1 aromatic carbocycles. The van der Waals surface area contributed by atoms with Gasteiger partial charge in [-0.3, -0.25) is 4.90 Å². The average Bonchev–Trinajstić information content (AvgIpc) is 3.74. The van der Waals surface area contributed by atoms with E-state index in [9.17, 15) is 28.2 Å². The molecule has 2 aromatic rings. The van der Waals surface area contributed by atoms with Gasteiger partial charge in [0.25, 0.3) is 0 Å². The van der Waals surface area contributed by atoms with Gasteiger partial charge in [0.1, 0.15) is 17.7 Å². The monoisotopic (exact) mass is 630 g/mol. The van der Waals surface area contributed by atoms with E-state index in [0.717, 1.165) is 25.2 Å². The molecule has 3 aliphatic heterocycles. The maximum absolute atomic E-state index is 15.3. The third-order valence-corrected chi connectivity index (χ3v) is 8.18. The van der Waals surface area contributed by atoms with Gasteiger partial charge in [0.05, 0.1) is 29.7 Å². The highest BCUT2D eigenvalue weighted by molar-refractivity contribution is 7.88. The Morgan fingerprint density at radius 3 is 2.43 bits per heavy atom. The Labute approximate surface area is 251 Å². The fraction of sp³-hybridized carbons (Fsp3) is 0.393. The molecule has 2 unspecified atom stereocenters. The van der Waals surface area contributed by atoms with E-state index in [2.05, 4.69) is 16.9 Å². The molecule has 2 saturated heterocycles. The number of rotatable bonds is 6. The zero-order valence-corrected chi connectivity index (χ0v) is 24.2. The maximum atomic E-state index is 15.3. The lowest BCUT2D eigenvalue weighted by Gasteiger charge is -2.38. The molecule has 0 spiro atoms. The number of benzene rings is 1. The maximum Gasteiger partial charge on any atom is 0.415 e. The van der Waals surface area contributed by atoms with Gasteiger partial charge in [-0.1, -0.05) is 0 Å². The number of fused-ring (bicyclic) bond motifs is 1. The van der Waals surface area contributed by atoms with Crippen LogP contribution in [0.4, 0.5) is 36.6 Å². The minimum absolute atomic E-state index is 0.0172. The minimum atomic E-state index is -3.54. The number of anilines is 4. The van der Waals surface area contributed by atoms with E-state index < -0.39 is 45.9 Å². The number of aliphatic hydroxyl groups is 1. The van der Waals surface area contributed by atoms with Crippen molar-refractivity contribution in [3.8, 4) is 12.0 Å². The topological polar surface area (TPSA) is 156 Å². The molecule has 3 N–H and O–H groups in total. The zero-order valence-electron chi connectivity index (χ0n) is 23.4. The molecule has 0 bridgehead atoms. The molecular formula is C28H28F2N6O7S. The summed E-state index contributed by atoms with van der Waals surface area (Å²) in [5.74, 6) is 0.339. The molecule has 0 radical (unpaired) electrons. The van der Waals surface area contributed by atoms with Gasteiger partial charge in [0.2, 0.25) is 10.0 Å². The second-order valence-corrected chi connectivity index (χ2v) is 12.6. The van der Waals surface area contributed by atoms with Crippen molar-refractivity contribution in [1.82, 2.24) is 9.71 Å². The number of halogens is 2. The molecule has 1 aliphatic carbocycles. The van der Waals surface area contributed by atoms with Crippen LogP contribution in [0.15, 0.2) is 36.0 Å². The second kappa shape index (κ2) is 11.1. The number of sulfonamides is 1. The highest BCUT2D eigenvalue weighted by Gasteiger charge is 2.39. The normalized spacial score (nSPS) is 21.7. The van der Waals surface area contributed by atoms with E-state index in [-0.39, 0.29) is 35.2 Å². The van der Waals surface area contributed by atoms with Gasteiger partial charge in [-0.15, -0.1) is 0 Å². The van der Waals surface area contributed by atoms with Crippen LogP contribution in [-0.4, -0.2) is 86.8 Å². The Morgan fingerprint density at radius 1 is 1.09 bits per heavy atom. The van der Waals surface area contributed by atoms with Crippen molar-refractivity contribution in [3.05, 3.63) is 53.2 Å². The van der Waals surface area contributed by atoms with Crippen LogP contribution in [0, 0.1) is 23.6 Å². The third-order valence-electron chi connectivity index (χ3n) is 7.71. The molecule has 1 aromatic heterocycles. The van der Waals surface area contributed by atoms with E-state index in [1.807, 2.05) is 4.72 Å². The van der Waals surface area contributed by atoms with E-state index in [1.54, 1.807) is 20.8 Å². The Hall–Kier alpha value is -4.62. The summed E-state index contributed by atoms with van der Waals surface area (Å²) in [5, 5.41) is 20.1. The number of carbonyl (C=O) groups excluding carboxylic acids is 1. The number of carboxylic acid groups (broad SMARTS) is 1. The summed E-state index contributed by atoms with van der Waals surface area (Å²) in [5.41, 5.74) is 0.405. The van der Waals surface area contributed by atoms with Crippen molar-refractivity contribution in [2.75, 3.05) is 58.6 Å². The standard InChI is InChI=1S/C28H28F2N6O7S/c1-44(41,42)31-7-6-18-14-36(28(40)43-18)17-4-5-23(21(29)12-17)33-8-10-34(11-9-33)26-22(30)13-19-24(37)20(27(38)39)15-35(16-2-3-16)25(19)32-26/h4-5,12-13,15-16,18,24,31,37H,2-3,8-11,14H2,1H3,(H,38,39). The lowest BCUT2D eigenvalue weighted by molar-refractivity contribution is -0.133. The van der Waals surface area contributed by atoms with E-state index in [1.165, 1.54) is 23.2 Å². The first-order valence-electron chi connectivity index (χ1n) is 13.8. The molecule has 232 valence electrons.